The van der Waals surface area contributed by atoms with E-state index >= 15 is 0 Å². The maximum atomic E-state index is 11.4. The van der Waals surface area contributed by atoms with Crippen molar-refractivity contribution in [2.45, 2.75) is 45.4 Å². The Bertz CT molecular complexity index is 687. The van der Waals surface area contributed by atoms with E-state index in [1.165, 1.54) is 12.8 Å². The van der Waals surface area contributed by atoms with Gasteiger partial charge < -0.3 is 5.11 Å². The van der Waals surface area contributed by atoms with Crippen LogP contribution in [0.3, 0.4) is 0 Å². The largest absolute Gasteiger partial charge is 0.478 e. The Morgan fingerprint density at radius 2 is 2.00 bits per heavy atom. The van der Waals surface area contributed by atoms with Gasteiger partial charge in [-0.2, -0.15) is 4.68 Å². The Balaban J connectivity index is 2.09. The van der Waals surface area contributed by atoms with Gasteiger partial charge in [0.1, 0.15) is 0 Å². The van der Waals surface area contributed by atoms with Crippen molar-refractivity contribution in [1.29, 1.82) is 0 Å². The molecule has 0 amide bonds. The molecule has 2 aromatic rings. The summed E-state index contributed by atoms with van der Waals surface area (Å²) in [5.74, 6) is 0.287. The maximum Gasteiger partial charge on any atom is 0.336 e. The zero-order valence-corrected chi connectivity index (χ0v) is 12.2. The number of aromatic nitrogens is 4. The lowest BCUT2D eigenvalue weighted by atomic mass is 10.0. The average molecular weight is 286 g/mol. The maximum absolute atomic E-state index is 11.4. The predicted octanol–water partition coefficient (Wildman–Crippen LogP) is 2.63. The lowest BCUT2D eigenvalue weighted by molar-refractivity contribution is 0.0696. The van der Waals surface area contributed by atoms with Gasteiger partial charge in [0.2, 0.25) is 0 Å². The number of carboxylic acid groups (broad SMARTS) is 1. The van der Waals surface area contributed by atoms with E-state index < -0.39 is 5.97 Å². The molecule has 0 atom stereocenters. The lowest BCUT2D eigenvalue weighted by Crippen LogP contribution is -2.10. The molecule has 6 heteroatoms. The first-order valence-corrected chi connectivity index (χ1v) is 7.21. The van der Waals surface area contributed by atoms with Gasteiger partial charge in [-0.1, -0.05) is 12.8 Å². The number of aromatic carboxylic acids is 1. The highest BCUT2D eigenvalue weighted by molar-refractivity contribution is 5.90. The Hall–Kier alpha value is -2.24. The van der Waals surface area contributed by atoms with Crippen molar-refractivity contribution in [3.05, 3.63) is 34.6 Å². The van der Waals surface area contributed by atoms with Crippen molar-refractivity contribution in [3.8, 4) is 5.69 Å². The van der Waals surface area contributed by atoms with Gasteiger partial charge >= 0.3 is 5.97 Å². The smallest absolute Gasteiger partial charge is 0.336 e. The number of tetrazole rings is 1. The number of benzene rings is 1. The monoisotopic (exact) mass is 286 g/mol. The third-order valence-corrected chi connectivity index (χ3v) is 4.34. The van der Waals surface area contributed by atoms with E-state index in [1.54, 1.807) is 10.7 Å². The molecule has 3 rings (SSSR count). The molecular formula is C15H18N4O2. The summed E-state index contributed by atoms with van der Waals surface area (Å²) in [4.78, 5) is 11.4. The summed E-state index contributed by atoms with van der Waals surface area (Å²) in [6.45, 7) is 3.73. The molecule has 1 aliphatic carbocycles. The molecular weight excluding hydrogens is 268 g/mol. The fraction of sp³-hybridized carbons (Fsp3) is 0.467. The number of aryl methyl sites for hydroxylation is 1. The summed E-state index contributed by atoms with van der Waals surface area (Å²) >= 11 is 0. The van der Waals surface area contributed by atoms with Crippen molar-refractivity contribution in [3.63, 3.8) is 0 Å². The Morgan fingerprint density at radius 1 is 1.29 bits per heavy atom. The first-order chi connectivity index (χ1) is 10.1. The average Bonchev–Trinajstić information content (AvgIpc) is 3.10. The molecule has 110 valence electrons. The van der Waals surface area contributed by atoms with Crippen LogP contribution in [0, 0.1) is 13.8 Å². The fourth-order valence-electron chi connectivity index (χ4n) is 3.00. The second-order valence-corrected chi connectivity index (χ2v) is 5.67. The Labute approximate surface area is 122 Å². The van der Waals surface area contributed by atoms with E-state index in [4.69, 9.17) is 0 Å². The van der Waals surface area contributed by atoms with Gasteiger partial charge in [-0.3, -0.25) is 0 Å². The topological polar surface area (TPSA) is 80.9 Å². The van der Waals surface area contributed by atoms with E-state index in [0.717, 1.165) is 35.5 Å². The van der Waals surface area contributed by atoms with E-state index in [0.29, 0.717) is 11.5 Å². The predicted molar refractivity (Wildman–Crippen MR) is 76.8 cm³/mol. The van der Waals surface area contributed by atoms with Crippen molar-refractivity contribution in [2.75, 3.05) is 0 Å². The van der Waals surface area contributed by atoms with Crippen molar-refractivity contribution in [1.82, 2.24) is 20.2 Å². The molecule has 1 fully saturated rings. The molecule has 1 aromatic carbocycles. The molecule has 21 heavy (non-hydrogen) atoms. The lowest BCUT2D eigenvalue weighted by Gasteiger charge is -2.12. The van der Waals surface area contributed by atoms with E-state index in [9.17, 15) is 9.90 Å². The zero-order chi connectivity index (χ0) is 15.0. The standard InChI is InChI=1S/C15H18N4O2/c1-9-7-12(8-13(10(9)2)15(20)21)19-14(16-17-18-19)11-5-3-4-6-11/h7-8,11H,3-6H2,1-2H3,(H,20,21). The minimum Gasteiger partial charge on any atom is -0.478 e. The van der Waals surface area contributed by atoms with Crippen LogP contribution in [0.5, 0.6) is 0 Å². The Kier molecular flexibility index (Phi) is 3.45. The second-order valence-electron chi connectivity index (χ2n) is 5.67. The molecule has 0 saturated heterocycles. The molecule has 1 heterocycles. The van der Waals surface area contributed by atoms with Crippen molar-refractivity contribution >= 4 is 5.97 Å². The van der Waals surface area contributed by atoms with E-state index in [-0.39, 0.29) is 0 Å². The molecule has 1 N–H and O–H groups in total. The van der Waals surface area contributed by atoms with Crippen LogP contribution in [0.25, 0.3) is 5.69 Å². The normalized spacial score (nSPS) is 15.5. The summed E-state index contributed by atoms with van der Waals surface area (Å²) in [6, 6.07) is 3.59. The first kappa shape index (κ1) is 13.7. The molecule has 0 bridgehead atoms. The third kappa shape index (κ3) is 2.41. The van der Waals surface area contributed by atoms with Crippen molar-refractivity contribution in [2.24, 2.45) is 0 Å². The highest BCUT2D eigenvalue weighted by atomic mass is 16.4. The van der Waals surface area contributed by atoms with Crippen LogP contribution in [0.1, 0.15) is 58.9 Å². The number of hydrogen-bond donors (Lipinski definition) is 1. The van der Waals surface area contributed by atoms with Crippen LogP contribution >= 0.6 is 0 Å². The van der Waals surface area contributed by atoms with Gasteiger partial charge in [-0.05, 0) is 60.4 Å². The highest BCUT2D eigenvalue weighted by Gasteiger charge is 2.24. The van der Waals surface area contributed by atoms with Gasteiger partial charge in [0, 0.05) is 5.92 Å². The van der Waals surface area contributed by atoms with Crippen LogP contribution in [0.4, 0.5) is 0 Å². The number of hydrogen-bond acceptors (Lipinski definition) is 4. The van der Waals surface area contributed by atoms with Gasteiger partial charge in [0.05, 0.1) is 11.3 Å². The second kappa shape index (κ2) is 5.27. The summed E-state index contributed by atoms with van der Waals surface area (Å²) in [7, 11) is 0. The van der Waals surface area contributed by atoms with Gasteiger partial charge in [-0.15, -0.1) is 5.10 Å². The van der Waals surface area contributed by atoms with Crippen LogP contribution < -0.4 is 0 Å². The summed E-state index contributed by atoms with van der Waals surface area (Å²) < 4.78 is 1.69. The number of nitrogens with zero attached hydrogens (tertiary/aromatic N) is 4. The Morgan fingerprint density at radius 3 is 2.67 bits per heavy atom. The summed E-state index contributed by atoms with van der Waals surface area (Å²) in [5, 5.41) is 21.3. The number of rotatable bonds is 3. The molecule has 1 aromatic heterocycles. The van der Waals surface area contributed by atoms with Gasteiger partial charge in [-0.25, -0.2) is 4.79 Å². The number of carbonyl (C=O) groups is 1. The molecule has 6 nitrogen and oxygen atoms in total. The molecule has 0 radical (unpaired) electrons. The SMILES string of the molecule is Cc1cc(-n2nnnc2C2CCCC2)cc(C(=O)O)c1C. The quantitative estimate of drug-likeness (QED) is 0.938. The minimum atomic E-state index is -0.923. The van der Waals surface area contributed by atoms with Crippen LogP contribution in [-0.2, 0) is 0 Å². The molecule has 0 unspecified atom stereocenters. The molecule has 0 aliphatic heterocycles. The molecule has 1 aliphatic rings. The zero-order valence-electron chi connectivity index (χ0n) is 12.2. The third-order valence-electron chi connectivity index (χ3n) is 4.34. The van der Waals surface area contributed by atoms with E-state index in [2.05, 4.69) is 15.5 Å². The van der Waals surface area contributed by atoms with Gasteiger partial charge in [0.15, 0.2) is 5.82 Å². The van der Waals surface area contributed by atoms with Crippen LogP contribution in [0.2, 0.25) is 0 Å². The van der Waals surface area contributed by atoms with E-state index in [1.807, 2.05) is 19.9 Å². The minimum absolute atomic E-state index is 0.304. The van der Waals surface area contributed by atoms with Gasteiger partial charge in [0.25, 0.3) is 0 Å². The first-order valence-electron chi connectivity index (χ1n) is 7.21. The van der Waals surface area contributed by atoms with Crippen molar-refractivity contribution < 1.29 is 9.90 Å². The molecule has 0 spiro atoms. The van der Waals surface area contributed by atoms with Crippen LogP contribution in [-0.4, -0.2) is 31.3 Å². The highest BCUT2D eigenvalue weighted by Crippen LogP contribution is 2.33. The van der Waals surface area contributed by atoms with Crippen LogP contribution in [0.15, 0.2) is 12.1 Å². The number of carboxylic acids is 1. The summed E-state index contributed by atoms with van der Waals surface area (Å²) in [5.41, 5.74) is 2.74. The fourth-order valence-corrected chi connectivity index (χ4v) is 3.00. The summed E-state index contributed by atoms with van der Waals surface area (Å²) in [6.07, 6.45) is 4.59. The molecule has 1 saturated carbocycles.